The van der Waals surface area contributed by atoms with Crippen LogP contribution in [-0.4, -0.2) is 13.2 Å². The summed E-state index contributed by atoms with van der Waals surface area (Å²) in [4.78, 5) is 0. The summed E-state index contributed by atoms with van der Waals surface area (Å²) in [6.07, 6.45) is 1.84. The lowest BCUT2D eigenvalue weighted by Crippen LogP contribution is -1.98. The second kappa shape index (κ2) is 6.33. The van der Waals surface area contributed by atoms with E-state index in [0.29, 0.717) is 6.61 Å². The Morgan fingerprint density at radius 3 is 3.07 bits per heavy atom. The van der Waals surface area contributed by atoms with Gasteiger partial charge in [-0.3, -0.25) is 0 Å². The lowest BCUT2D eigenvalue weighted by atomic mass is 10.3. The van der Waals surface area contributed by atoms with E-state index in [1.165, 1.54) is 5.54 Å². The molecule has 0 radical (unpaired) electrons. The molecule has 1 rings (SSSR count). The van der Waals surface area contributed by atoms with Gasteiger partial charge >= 0.3 is 0 Å². The monoisotopic (exact) mass is 211 g/mol. The van der Waals surface area contributed by atoms with E-state index in [1.807, 2.05) is 37.3 Å². The first-order valence-corrected chi connectivity index (χ1v) is 5.02. The van der Waals surface area contributed by atoms with Crippen LogP contribution in [0.5, 0.6) is 5.75 Å². The van der Waals surface area contributed by atoms with Crippen LogP contribution >= 0.6 is 11.6 Å². The molecule has 1 N–H and O–H groups in total. The molecule has 0 aliphatic heterocycles. The third-order valence-corrected chi connectivity index (χ3v) is 1.84. The van der Waals surface area contributed by atoms with E-state index >= 15 is 0 Å². The van der Waals surface area contributed by atoms with Crippen LogP contribution in [0, 0.1) is 0 Å². The standard InChI is InChI=1S/C11H14ClNO/c1-2-14-11-6-3-5-10(9-11)13-8-4-7-12/h3-7,9,13H,2,8H2,1H3/b7-4+. The van der Waals surface area contributed by atoms with Crippen molar-refractivity contribution in [3.63, 3.8) is 0 Å². The van der Waals surface area contributed by atoms with Gasteiger partial charge in [0, 0.05) is 23.8 Å². The normalized spacial score (nSPS) is 10.4. The van der Waals surface area contributed by atoms with Crippen molar-refractivity contribution in [3.05, 3.63) is 35.9 Å². The first-order chi connectivity index (χ1) is 6.86. The molecule has 0 aliphatic rings. The lowest BCUT2D eigenvalue weighted by molar-refractivity contribution is 0.340. The average Bonchev–Trinajstić information content (AvgIpc) is 2.19. The molecule has 0 saturated heterocycles. The summed E-state index contributed by atoms with van der Waals surface area (Å²) in [6, 6.07) is 7.85. The minimum atomic E-state index is 0.686. The summed E-state index contributed by atoms with van der Waals surface area (Å²) >= 11 is 5.40. The third kappa shape index (κ3) is 3.71. The van der Waals surface area contributed by atoms with Crippen molar-refractivity contribution < 1.29 is 4.74 Å². The fraction of sp³-hybridized carbons (Fsp3) is 0.273. The van der Waals surface area contributed by atoms with Crippen LogP contribution in [0.3, 0.4) is 0 Å². The first-order valence-electron chi connectivity index (χ1n) is 4.58. The highest BCUT2D eigenvalue weighted by Gasteiger charge is 1.93. The van der Waals surface area contributed by atoms with Crippen molar-refractivity contribution in [3.8, 4) is 5.75 Å². The molecule has 0 fully saturated rings. The number of hydrogen-bond donors (Lipinski definition) is 1. The second-order valence-corrected chi connectivity index (χ2v) is 2.96. The maximum Gasteiger partial charge on any atom is 0.121 e. The molecule has 0 aromatic heterocycles. The largest absolute Gasteiger partial charge is 0.494 e. The topological polar surface area (TPSA) is 21.3 Å². The van der Waals surface area contributed by atoms with Gasteiger partial charge < -0.3 is 10.1 Å². The number of hydrogen-bond acceptors (Lipinski definition) is 2. The van der Waals surface area contributed by atoms with Gasteiger partial charge in [-0.15, -0.1) is 0 Å². The summed E-state index contributed by atoms with van der Waals surface area (Å²) in [5.74, 6) is 0.882. The predicted octanol–water partition coefficient (Wildman–Crippen LogP) is 3.25. The minimum absolute atomic E-state index is 0.686. The molecule has 3 heteroatoms. The number of nitrogens with one attached hydrogen (secondary N) is 1. The molecule has 0 heterocycles. The van der Waals surface area contributed by atoms with E-state index in [4.69, 9.17) is 16.3 Å². The van der Waals surface area contributed by atoms with Crippen LogP contribution in [0.1, 0.15) is 6.92 Å². The quantitative estimate of drug-likeness (QED) is 0.808. The zero-order valence-corrected chi connectivity index (χ0v) is 8.92. The number of rotatable bonds is 5. The molecule has 2 nitrogen and oxygen atoms in total. The fourth-order valence-corrected chi connectivity index (χ4v) is 1.17. The van der Waals surface area contributed by atoms with E-state index in [9.17, 15) is 0 Å². The Balaban J connectivity index is 2.54. The smallest absolute Gasteiger partial charge is 0.121 e. The Kier molecular flexibility index (Phi) is 4.94. The van der Waals surface area contributed by atoms with Crippen LogP contribution in [0.25, 0.3) is 0 Å². The van der Waals surface area contributed by atoms with E-state index in [1.54, 1.807) is 0 Å². The maximum atomic E-state index is 5.40. The SMILES string of the molecule is CCOc1cccc(NC/C=C/Cl)c1. The van der Waals surface area contributed by atoms with Crippen LogP contribution < -0.4 is 10.1 Å². The van der Waals surface area contributed by atoms with E-state index in [0.717, 1.165) is 18.0 Å². The van der Waals surface area contributed by atoms with Gasteiger partial charge in [0.25, 0.3) is 0 Å². The van der Waals surface area contributed by atoms with E-state index in [-0.39, 0.29) is 0 Å². The predicted molar refractivity (Wildman–Crippen MR) is 61.1 cm³/mol. The van der Waals surface area contributed by atoms with Gasteiger partial charge in [0.1, 0.15) is 5.75 Å². The first kappa shape index (κ1) is 10.9. The number of benzene rings is 1. The van der Waals surface area contributed by atoms with Gasteiger partial charge in [-0.25, -0.2) is 0 Å². The Labute approximate surface area is 89.5 Å². The summed E-state index contributed by atoms with van der Waals surface area (Å²) in [6.45, 7) is 3.38. The Bertz CT molecular complexity index is 299. The molecule has 0 atom stereocenters. The van der Waals surface area contributed by atoms with Crippen LogP contribution in [0.15, 0.2) is 35.9 Å². The van der Waals surface area contributed by atoms with Crippen molar-refractivity contribution in [1.82, 2.24) is 0 Å². The maximum absolute atomic E-state index is 5.40. The molecule has 76 valence electrons. The zero-order chi connectivity index (χ0) is 10.2. The number of ether oxygens (including phenoxy) is 1. The lowest BCUT2D eigenvalue weighted by Gasteiger charge is -2.06. The van der Waals surface area contributed by atoms with Crippen LogP contribution in [-0.2, 0) is 0 Å². The molecule has 1 aromatic rings. The molecule has 1 aromatic carbocycles. The van der Waals surface area contributed by atoms with Gasteiger partial charge in [0.05, 0.1) is 6.61 Å². The van der Waals surface area contributed by atoms with Crippen molar-refractivity contribution in [1.29, 1.82) is 0 Å². The third-order valence-electron chi connectivity index (χ3n) is 1.66. The molecule has 0 amide bonds. The highest BCUT2D eigenvalue weighted by atomic mass is 35.5. The van der Waals surface area contributed by atoms with Gasteiger partial charge in [-0.2, -0.15) is 0 Å². The number of halogens is 1. The molecular formula is C11H14ClNO. The average molecular weight is 212 g/mol. The van der Waals surface area contributed by atoms with Crippen molar-refractivity contribution in [2.24, 2.45) is 0 Å². The summed E-state index contributed by atoms with van der Waals surface area (Å²) in [7, 11) is 0. The Morgan fingerprint density at radius 2 is 2.36 bits per heavy atom. The summed E-state index contributed by atoms with van der Waals surface area (Å²) in [5, 5.41) is 3.19. The fourth-order valence-electron chi connectivity index (χ4n) is 1.08. The molecule has 0 bridgehead atoms. The molecule has 0 unspecified atom stereocenters. The van der Waals surface area contributed by atoms with Gasteiger partial charge in [-0.1, -0.05) is 23.7 Å². The second-order valence-electron chi connectivity index (χ2n) is 2.70. The summed E-state index contributed by atoms with van der Waals surface area (Å²) in [5.41, 5.74) is 2.53. The zero-order valence-electron chi connectivity index (χ0n) is 8.16. The minimum Gasteiger partial charge on any atom is -0.494 e. The van der Waals surface area contributed by atoms with Gasteiger partial charge in [0.15, 0.2) is 0 Å². The van der Waals surface area contributed by atoms with E-state index < -0.39 is 0 Å². The molecule has 0 saturated carbocycles. The van der Waals surface area contributed by atoms with Crippen molar-refractivity contribution >= 4 is 17.3 Å². The molecule has 14 heavy (non-hydrogen) atoms. The van der Waals surface area contributed by atoms with Gasteiger partial charge in [-0.05, 0) is 19.1 Å². The van der Waals surface area contributed by atoms with Crippen molar-refractivity contribution in [2.75, 3.05) is 18.5 Å². The molecular weight excluding hydrogens is 198 g/mol. The van der Waals surface area contributed by atoms with Gasteiger partial charge in [0.2, 0.25) is 0 Å². The van der Waals surface area contributed by atoms with Crippen molar-refractivity contribution in [2.45, 2.75) is 6.92 Å². The Morgan fingerprint density at radius 1 is 1.50 bits per heavy atom. The van der Waals surface area contributed by atoms with Crippen LogP contribution in [0.2, 0.25) is 0 Å². The highest BCUT2D eigenvalue weighted by Crippen LogP contribution is 2.16. The Hall–Kier alpha value is -1.15. The molecule has 0 spiro atoms. The highest BCUT2D eigenvalue weighted by molar-refractivity contribution is 6.25. The van der Waals surface area contributed by atoms with Crippen LogP contribution in [0.4, 0.5) is 5.69 Å². The number of anilines is 1. The summed E-state index contributed by atoms with van der Waals surface area (Å²) < 4.78 is 5.37. The molecule has 0 aliphatic carbocycles. The van der Waals surface area contributed by atoms with E-state index in [2.05, 4.69) is 5.32 Å².